The smallest absolute Gasteiger partial charge is 0.286 e. The number of aromatic nitrogens is 1. The Morgan fingerprint density at radius 2 is 2.03 bits per heavy atom. The molecule has 0 fully saturated rings. The normalized spacial score (nSPS) is 12.0. The summed E-state index contributed by atoms with van der Waals surface area (Å²) in [6.45, 7) is 2.49. The topological polar surface area (TPSA) is 52.8 Å². The van der Waals surface area contributed by atoms with E-state index in [1.54, 1.807) is 6.07 Å². The summed E-state index contributed by atoms with van der Waals surface area (Å²) in [7, 11) is 0. The maximum absolute atomic E-state index is 14.3. The maximum Gasteiger partial charge on any atom is 0.286 e. The fourth-order valence-corrected chi connectivity index (χ4v) is 4.17. The molecule has 10 heteroatoms. The zero-order valence-corrected chi connectivity index (χ0v) is 17.6. The summed E-state index contributed by atoms with van der Waals surface area (Å²) in [5.74, 6) is -1.75. The Balaban J connectivity index is 1.89. The van der Waals surface area contributed by atoms with E-state index < -0.39 is 17.5 Å². The van der Waals surface area contributed by atoms with Crippen molar-refractivity contribution >= 4 is 50.7 Å². The van der Waals surface area contributed by atoms with Crippen molar-refractivity contribution in [3.8, 4) is 5.75 Å². The number of nitrogens with zero attached hydrogens (tertiary/aromatic N) is 2. The fourth-order valence-electron chi connectivity index (χ4n) is 2.59. The van der Waals surface area contributed by atoms with Gasteiger partial charge in [-0.1, -0.05) is 34.5 Å². The van der Waals surface area contributed by atoms with Crippen molar-refractivity contribution in [2.75, 3.05) is 19.8 Å². The lowest BCUT2D eigenvalue weighted by Crippen LogP contribution is -2.21. The molecule has 1 amide bonds. The van der Waals surface area contributed by atoms with Crippen LogP contribution in [0, 0.1) is 11.6 Å². The van der Waals surface area contributed by atoms with Crippen molar-refractivity contribution < 1.29 is 23.0 Å². The van der Waals surface area contributed by atoms with Gasteiger partial charge in [-0.05, 0) is 31.2 Å². The molecular weight excluding hydrogens is 445 g/mol. The average Bonchev–Trinajstić information content (AvgIpc) is 2.98. The van der Waals surface area contributed by atoms with Gasteiger partial charge in [0.2, 0.25) is 0 Å². The zero-order valence-electron chi connectivity index (χ0n) is 15.3. The van der Waals surface area contributed by atoms with Crippen LogP contribution >= 0.6 is 34.5 Å². The minimum absolute atomic E-state index is 0.171. The monoisotopic (exact) mass is 460 g/mol. The molecule has 0 radical (unpaired) electrons. The molecule has 3 rings (SSSR count). The minimum Gasteiger partial charge on any atom is -0.482 e. The number of rotatable bonds is 7. The van der Waals surface area contributed by atoms with E-state index in [1.165, 1.54) is 22.8 Å². The molecule has 29 heavy (non-hydrogen) atoms. The predicted octanol–water partition coefficient (Wildman–Crippen LogP) is 4.83. The van der Waals surface area contributed by atoms with Crippen LogP contribution in [0.15, 0.2) is 35.3 Å². The summed E-state index contributed by atoms with van der Waals surface area (Å²) >= 11 is 12.8. The number of carbonyl (C=O) groups excluding carboxylic acids is 1. The van der Waals surface area contributed by atoms with Crippen LogP contribution in [0.2, 0.25) is 10.0 Å². The van der Waals surface area contributed by atoms with Gasteiger partial charge in [0.1, 0.15) is 11.6 Å². The number of hydrogen-bond acceptors (Lipinski definition) is 4. The second-order valence-electron chi connectivity index (χ2n) is 5.84. The summed E-state index contributed by atoms with van der Waals surface area (Å²) in [6.07, 6.45) is 0. The largest absolute Gasteiger partial charge is 0.482 e. The van der Waals surface area contributed by atoms with Crippen LogP contribution in [0.1, 0.15) is 6.92 Å². The number of amides is 1. The van der Waals surface area contributed by atoms with E-state index in [2.05, 4.69) is 4.99 Å². The third-order valence-electron chi connectivity index (χ3n) is 3.82. The highest BCUT2D eigenvalue weighted by atomic mass is 35.5. The number of fused-ring (bicyclic) bond motifs is 1. The van der Waals surface area contributed by atoms with Crippen molar-refractivity contribution in [1.82, 2.24) is 4.57 Å². The number of hydrogen-bond donors (Lipinski definition) is 0. The Bertz CT molecular complexity index is 1110. The Morgan fingerprint density at radius 3 is 2.76 bits per heavy atom. The van der Waals surface area contributed by atoms with Crippen LogP contribution in [0.5, 0.6) is 5.75 Å². The lowest BCUT2D eigenvalue weighted by molar-refractivity contribution is -0.120. The van der Waals surface area contributed by atoms with Crippen LogP contribution in [0.3, 0.4) is 0 Å². The van der Waals surface area contributed by atoms with E-state index in [9.17, 15) is 13.6 Å². The lowest BCUT2D eigenvalue weighted by Gasteiger charge is -2.07. The first kappa shape index (κ1) is 21.7. The number of benzene rings is 2. The predicted molar refractivity (Wildman–Crippen MR) is 109 cm³/mol. The number of carbonyl (C=O) groups is 1. The molecule has 0 aliphatic heterocycles. The van der Waals surface area contributed by atoms with Crippen LogP contribution in [-0.2, 0) is 16.1 Å². The molecular formula is C19H16Cl2F2N2O3S. The Morgan fingerprint density at radius 1 is 1.24 bits per heavy atom. The van der Waals surface area contributed by atoms with Gasteiger partial charge in [-0.25, -0.2) is 8.78 Å². The SMILES string of the molecule is CCOCCn1c(=NC(=O)COc2ccc(Cl)cc2Cl)sc2cc(F)cc(F)c21. The van der Waals surface area contributed by atoms with E-state index in [1.807, 2.05) is 6.92 Å². The molecule has 1 aromatic heterocycles. The lowest BCUT2D eigenvalue weighted by atomic mass is 10.3. The molecule has 0 aliphatic carbocycles. The van der Waals surface area contributed by atoms with E-state index >= 15 is 0 Å². The summed E-state index contributed by atoms with van der Waals surface area (Å²) in [6, 6.07) is 6.61. The van der Waals surface area contributed by atoms with E-state index in [-0.39, 0.29) is 40.8 Å². The molecule has 0 unspecified atom stereocenters. The highest BCUT2D eigenvalue weighted by Gasteiger charge is 2.14. The molecule has 0 atom stereocenters. The number of ether oxygens (including phenoxy) is 2. The third kappa shape index (κ3) is 5.33. The maximum atomic E-state index is 14.3. The van der Waals surface area contributed by atoms with Crippen molar-refractivity contribution in [2.24, 2.45) is 4.99 Å². The van der Waals surface area contributed by atoms with Gasteiger partial charge in [0.05, 0.1) is 21.8 Å². The molecule has 3 aromatic rings. The third-order valence-corrected chi connectivity index (χ3v) is 5.38. The Kier molecular flexibility index (Phi) is 7.23. The molecule has 0 saturated carbocycles. The van der Waals surface area contributed by atoms with Crippen molar-refractivity contribution in [1.29, 1.82) is 0 Å². The van der Waals surface area contributed by atoms with Crippen molar-refractivity contribution in [3.63, 3.8) is 0 Å². The molecule has 0 N–H and O–H groups in total. The molecule has 5 nitrogen and oxygen atoms in total. The summed E-state index contributed by atoms with van der Waals surface area (Å²) in [5, 5.41) is 0.699. The first-order valence-electron chi connectivity index (χ1n) is 8.60. The second kappa shape index (κ2) is 9.67. The molecule has 0 spiro atoms. The van der Waals surface area contributed by atoms with Crippen molar-refractivity contribution in [3.05, 3.63) is 56.8 Å². The Hall–Kier alpha value is -2.00. The summed E-state index contributed by atoms with van der Waals surface area (Å²) in [4.78, 5) is 16.5. The van der Waals surface area contributed by atoms with Gasteiger partial charge in [0.25, 0.3) is 5.91 Å². The first-order chi connectivity index (χ1) is 13.9. The molecule has 1 heterocycles. The molecule has 154 valence electrons. The second-order valence-corrected chi connectivity index (χ2v) is 7.69. The van der Waals surface area contributed by atoms with Gasteiger partial charge in [-0.15, -0.1) is 0 Å². The number of halogens is 4. The summed E-state index contributed by atoms with van der Waals surface area (Å²) in [5.41, 5.74) is 0.171. The zero-order chi connectivity index (χ0) is 21.0. The average molecular weight is 461 g/mol. The van der Waals surface area contributed by atoms with Gasteiger partial charge < -0.3 is 14.0 Å². The van der Waals surface area contributed by atoms with Gasteiger partial charge in [-0.3, -0.25) is 4.79 Å². The van der Waals surface area contributed by atoms with Crippen molar-refractivity contribution in [2.45, 2.75) is 13.5 Å². The molecule has 0 saturated heterocycles. The van der Waals surface area contributed by atoms with Gasteiger partial charge in [0, 0.05) is 24.2 Å². The minimum atomic E-state index is -0.731. The van der Waals surface area contributed by atoms with Crippen LogP contribution in [0.4, 0.5) is 8.78 Å². The number of thiazole rings is 1. The highest BCUT2D eigenvalue weighted by Crippen LogP contribution is 2.27. The standard InChI is InChI=1S/C19H16Cl2F2N2O3S/c1-2-27-6-5-25-18-14(23)8-12(22)9-16(18)29-19(25)24-17(26)10-28-15-4-3-11(20)7-13(15)21/h3-4,7-9H,2,5-6,10H2,1H3. The van der Waals surface area contributed by atoms with E-state index in [0.29, 0.717) is 16.3 Å². The van der Waals surface area contributed by atoms with Crippen LogP contribution < -0.4 is 9.54 Å². The molecule has 0 bridgehead atoms. The molecule has 2 aromatic carbocycles. The fraction of sp³-hybridized carbons (Fsp3) is 0.263. The Labute approximate surface area is 179 Å². The quantitative estimate of drug-likeness (QED) is 0.474. The van der Waals surface area contributed by atoms with Gasteiger partial charge in [-0.2, -0.15) is 4.99 Å². The highest BCUT2D eigenvalue weighted by molar-refractivity contribution is 7.16. The van der Waals surface area contributed by atoms with Crippen LogP contribution in [-0.4, -0.2) is 30.3 Å². The first-order valence-corrected chi connectivity index (χ1v) is 10.2. The molecule has 0 aliphatic rings. The van der Waals surface area contributed by atoms with Gasteiger partial charge >= 0.3 is 0 Å². The summed E-state index contributed by atoms with van der Waals surface area (Å²) < 4.78 is 40.5. The van der Waals surface area contributed by atoms with E-state index in [4.69, 9.17) is 32.7 Å². The van der Waals surface area contributed by atoms with Gasteiger partial charge in [0.15, 0.2) is 17.2 Å². The van der Waals surface area contributed by atoms with E-state index in [0.717, 1.165) is 17.4 Å². The van der Waals surface area contributed by atoms with Crippen LogP contribution in [0.25, 0.3) is 10.2 Å².